The molecule has 3 rings (SSSR count). The van der Waals surface area contributed by atoms with E-state index in [1.54, 1.807) is 43.5 Å². The van der Waals surface area contributed by atoms with Crippen molar-refractivity contribution >= 4 is 21.6 Å². The van der Waals surface area contributed by atoms with E-state index >= 15 is 0 Å². The highest BCUT2D eigenvalue weighted by Crippen LogP contribution is 2.18. The Bertz CT molecular complexity index is 1110. The van der Waals surface area contributed by atoms with Crippen LogP contribution in [0.5, 0.6) is 5.75 Å². The van der Waals surface area contributed by atoms with Crippen molar-refractivity contribution in [1.29, 1.82) is 0 Å². The molecule has 2 N–H and O–H groups in total. The molecule has 0 aliphatic heterocycles. The van der Waals surface area contributed by atoms with Gasteiger partial charge in [0.1, 0.15) is 5.75 Å². The first-order chi connectivity index (χ1) is 14.9. The van der Waals surface area contributed by atoms with Gasteiger partial charge in [-0.05, 0) is 67.8 Å². The van der Waals surface area contributed by atoms with E-state index in [-0.39, 0.29) is 16.8 Å². The van der Waals surface area contributed by atoms with Crippen molar-refractivity contribution in [2.24, 2.45) is 0 Å². The summed E-state index contributed by atoms with van der Waals surface area (Å²) in [4.78, 5) is 12.8. The van der Waals surface area contributed by atoms with Crippen LogP contribution < -0.4 is 14.8 Å². The fourth-order valence-corrected chi connectivity index (χ4v) is 4.16. The van der Waals surface area contributed by atoms with Crippen molar-refractivity contribution < 1.29 is 17.9 Å². The van der Waals surface area contributed by atoms with Crippen LogP contribution in [0.1, 0.15) is 29.3 Å². The van der Waals surface area contributed by atoms with Gasteiger partial charge in [-0.2, -0.15) is 0 Å². The molecule has 0 spiro atoms. The van der Waals surface area contributed by atoms with E-state index in [1.165, 1.54) is 23.8 Å². The molecule has 0 aliphatic carbocycles. The highest BCUT2D eigenvalue weighted by molar-refractivity contribution is 7.92. The molecule has 0 saturated carbocycles. The van der Waals surface area contributed by atoms with Crippen molar-refractivity contribution in [1.82, 2.24) is 5.32 Å². The summed E-state index contributed by atoms with van der Waals surface area (Å²) in [5.74, 6) is 0.566. The molecule has 0 fully saturated rings. The molecule has 0 heterocycles. The number of nitrogens with one attached hydrogen (secondary N) is 2. The molecule has 0 radical (unpaired) electrons. The molecule has 0 saturated heterocycles. The molecular formula is C24H26N2O4S. The number of amides is 1. The normalized spacial score (nSPS) is 12.1. The lowest BCUT2D eigenvalue weighted by Crippen LogP contribution is -2.32. The van der Waals surface area contributed by atoms with Crippen LogP contribution in [0.4, 0.5) is 5.69 Å². The Morgan fingerprint density at radius 2 is 1.68 bits per heavy atom. The number of hydrogen-bond donors (Lipinski definition) is 2. The van der Waals surface area contributed by atoms with Gasteiger partial charge in [0.15, 0.2) is 0 Å². The largest absolute Gasteiger partial charge is 0.497 e. The van der Waals surface area contributed by atoms with Gasteiger partial charge in [0.25, 0.3) is 15.9 Å². The monoisotopic (exact) mass is 438 g/mol. The lowest BCUT2D eigenvalue weighted by atomic mass is 10.1. The van der Waals surface area contributed by atoms with Crippen LogP contribution in [0.3, 0.4) is 0 Å². The summed E-state index contributed by atoms with van der Waals surface area (Å²) >= 11 is 0. The van der Waals surface area contributed by atoms with Crippen LogP contribution in [0.15, 0.2) is 83.8 Å². The first-order valence-corrected chi connectivity index (χ1v) is 11.5. The Morgan fingerprint density at radius 1 is 0.968 bits per heavy atom. The van der Waals surface area contributed by atoms with Crippen LogP contribution >= 0.6 is 0 Å². The van der Waals surface area contributed by atoms with Crippen LogP contribution in [0, 0.1) is 0 Å². The number of carbonyl (C=O) groups is 1. The van der Waals surface area contributed by atoms with E-state index in [2.05, 4.69) is 10.0 Å². The summed E-state index contributed by atoms with van der Waals surface area (Å²) < 4.78 is 32.7. The minimum atomic E-state index is -3.71. The molecule has 6 nitrogen and oxygen atoms in total. The first kappa shape index (κ1) is 22.4. The summed E-state index contributed by atoms with van der Waals surface area (Å²) in [5.41, 5.74) is 1.89. The minimum Gasteiger partial charge on any atom is -0.497 e. The third kappa shape index (κ3) is 6.33. The predicted octanol–water partition coefficient (Wildman–Crippen LogP) is 4.25. The lowest BCUT2D eigenvalue weighted by Gasteiger charge is -2.15. The van der Waals surface area contributed by atoms with Gasteiger partial charge in [0.05, 0.1) is 12.0 Å². The molecule has 1 unspecified atom stereocenters. The molecular weight excluding hydrogens is 412 g/mol. The van der Waals surface area contributed by atoms with Gasteiger partial charge >= 0.3 is 0 Å². The Labute approximate surface area is 183 Å². The van der Waals surface area contributed by atoms with Gasteiger partial charge in [0, 0.05) is 17.3 Å². The average Bonchev–Trinajstić information content (AvgIpc) is 2.78. The first-order valence-electron chi connectivity index (χ1n) is 9.99. The molecule has 1 amide bonds. The molecule has 0 aliphatic rings. The Kier molecular flexibility index (Phi) is 7.31. The van der Waals surface area contributed by atoms with Gasteiger partial charge in [0.2, 0.25) is 0 Å². The number of ether oxygens (including phenoxy) is 1. The molecule has 3 aromatic carbocycles. The smallest absolute Gasteiger partial charge is 0.261 e. The average molecular weight is 439 g/mol. The maximum absolute atomic E-state index is 12.6. The van der Waals surface area contributed by atoms with Crippen molar-refractivity contribution in [3.63, 3.8) is 0 Å². The molecule has 162 valence electrons. The van der Waals surface area contributed by atoms with Crippen LogP contribution in [-0.4, -0.2) is 27.5 Å². The number of hydrogen-bond acceptors (Lipinski definition) is 4. The van der Waals surface area contributed by atoms with Crippen molar-refractivity contribution in [2.75, 3.05) is 11.8 Å². The third-order valence-electron chi connectivity index (χ3n) is 4.83. The Morgan fingerprint density at radius 3 is 2.35 bits per heavy atom. The third-order valence-corrected chi connectivity index (χ3v) is 6.23. The predicted molar refractivity (Wildman–Crippen MR) is 122 cm³/mol. The zero-order valence-electron chi connectivity index (χ0n) is 17.5. The zero-order valence-corrected chi connectivity index (χ0v) is 18.4. The number of benzene rings is 3. The van der Waals surface area contributed by atoms with Gasteiger partial charge in [-0.15, -0.1) is 0 Å². The van der Waals surface area contributed by atoms with Crippen LogP contribution in [0.25, 0.3) is 0 Å². The van der Waals surface area contributed by atoms with E-state index < -0.39 is 10.0 Å². The second kappa shape index (κ2) is 10.1. The highest BCUT2D eigenvalue weighted by atomic mass is 32.2. The zero-order chi connectivity index (χ0) is 22.3. The molecule has 0 aromatic heterocycles. The SMILES string of the molecule is COc1ccc(CCC(C)NC(=O)c2cccc(NS(=O)(=O)c3ccccc3)c2)cc1. The maximum atomic E-state index is 12.6. The highest BCUT2D eigenvalue weighted by Gasteiger charge is 2.15. The topological polar surface area (TPSA) is 84.5 Å². The van der Waals surface area contributed by atoms with E-state index in [0.717, 1.165) is 18.6 Å². The number of rotatable bonds is 9. The van der Waals surface area contributed by atoms with E-state index in [0.29, 0.717) is 11.3 Å². The van der Waals surface area contributed by atoms with E-state index in [1.807, 2.05) is 31.2 Å². The molecule has 0 bridgehead atoms. The van der Waals surface area contributed by atoms with Gasteiger partial charge in [-0.25, -0.2) is 8.42 Å². The van der Waals surface area contributed by atoms with E-state index in [9.17, 15) is 13.2 Å². The summed E-state index contributed by atoms with van der Waals surface area (Å²) in [7, 11) is -2.08. The van der Waals surface area contributed by atoms with Gasteiger partial charge < -0.3 is 10.1 Å². The number of sulfonamides is 1. The van der Waals surface area contributed by atoms with Crippen LogP contribution in [0.2, 0.25) is 0 Å². The Balaban J connectivity index is 1.59. The quantitative estimate of drug-likeness (QED) is 0.523. The number of aryl methyl sites for hydroxylation is 1. The number of anilines is 1. The lowest BCUT2D eigenvalue weighted by molar-refractivity contribution is 0.0938. The molecule has 1 atom stereocenters. The maximum Gasteiger partial charge on any atom is 0.261 e. The van der Waals surface area contributed by atoms with Crippen LogP contribution in [-0.2, 0) is 16.4 Å². The summed E-state index contributed by atoms with van der Waals surface area (Å²) in [6.07, 6.45) is 1.60. The second-order valence-electron chi connectivity index (χ2n) is 7.26. The van der Waals surface area contributed by atoms with E-state index in [4.69, 9.17) is 4.74 Å². The van der Waals surface area contributed by atoms with Crippen molar-refractivity contribution in [3.05, 3.63) is 90.0 Å². The molecule has 31 heavy (non-hydrogen) atoms. The van der Waals surface area contributed by atoms with Gasteiger partial charge in [-0.1, -0.05) is 36.4 Å². The number of carbonyl (C=O) groups excluding carboxylic acids is 1. The molecule has 7 heteroatoms. The van der Waals surface area contributed by atoms with Crippen molar-refractivity contribution in [3.8, 4) is 5.75 Å². The fraction of sp³-hybridized carbons (Fsp3) is 0.208. The summed E-state index contributed by atoms with van der Waals surface area (Å²) in [5, 5.41) is 2.97. The minimum absolute atomic E-state index is 0.0423. The van der Waals surface area contributed by atoms with Crippen molar-refractivity contribution in [2.45, 2.75) is 30.7 Å². The Hall–Kier alpha value is -3.32. The number of methoxy groups -OCH3 is 1. The van der Waals surface area contributed by atoms with Gasteiger partial charge in [-0.3, -0.25) is 9.52 Å². The second-order valence-corrected chi connectivity index (χ2v) is 8.94. The molecule has 3 aromatic rings. The standard InChI is InChI=1S/C24H26N2O4S/c1-18(11-12-19-13-15-22(30-2)16-14-19)25-24(27)20-7-6-8-21(17-20)26-31(28,29)23-9-4-3-5-10-23/h3-10,13-18,26H,11-12H2,1-2H3,(H,25,27). The summed E-state index contributed by atoms with van der Waals surface area (Å²) in [6, 6.07) is 22.4. The summed E-state index contributed by atoms with van der Waals surface area (Å²) in [6.45, 7) is 1.95. The fourth-order valence-electron chi connectivity index (χ4n) is 3.09.